The van der Waals surface area contributed by atoms with Gasteiger partial charge >= 0.3 is 0 Å². The topological polar surface area (TPSA) is 345 Å². The van der Waals surface area contributed by atoms with E-state index in [1.807, 2.05) is 0 Å². The lowest BCUT2D eigenvalue weighted by Crippen LogP contribution is -2.70. The highest BCUT2D eigenvalue weighted by atomic mass is 16.8. The molecule has 4 aliphatic heterocycles. The quantitative estimate of drug-likeness (QED) is 0.0938. The molecule has 4 saturated heterocycles. The van der Waals surface area contributed by atoms with Crippen LogP contribution in [0.1, 0.15) is 20.8 Å². The van der Waals surface area contributed by atoms with E-state index in [-0.39, 0.29) is 0 Å². The molecule has 4 heterocycles. The van der Waals surface area contributed by atoms with Crippen LogP contribution in [0.3, 0.4) is 0 Å². The molecule has 0 aliphatic carbocycles. The highest BCUT2D eigenvalue weighted by Crippen LogP contribution is 2.36. The van der Waals surface area contributed by atoms with E-state index in [2.05, 4.69) is 10.6 Å². The second-order valence-electron chi connectivity index (χ2n) is 12.6. The van der Waals surface area contributed by atoms with E-state index in [9.17, 15) is 65.8 Å². The van der Waals surface area contributed by atoms with Gasteiger partial charge in [-0.3, -0.25) is 9.59 Å². The van der Waals surface area contributed by atoms with Crippen molar-refractivity contribution in [1.29, 1.82) is 0 Å². The molecule has 0 aromatic heterocycles. The summed E-state index contributed by atoms with van der Waals surface area (Å²) in [5, 5.41) is 120. The van der Waals surface area contributed by atoms with E-state index >= 15 is 0 Å². The number of nitrogens with one attached hydrogen (secondary N) is 2. The average molecular weight is 733 g/mol. The Kier molecular flexibility index (Phi) is 14.2. The predicted octanol–water partition coefficient (Wildman–Crippen LogP) is -8.43. The van der Waals surface area contributed by atoms with Crippen molar-refractivity contribution in [3.8, 4) is 0 Å². The average Bonchev–Trinajstić information content (AvgIpc) is 3.07. The fourth-order valence-corrected chi connectivity index (χ4v) is 6.27. The van der Waals surface area contributed by atoms with Crippen molar-refractivity contribution in [1.82, 2.24) is 10.6 Å². The molecular weight excluding hydrogens is 684 g/mol. The van der Waals surface area contributed by atoms with E-state index in [0.29, 0.717) is 0 Å². The standard InChI is InChI=1S/C28H48N2O20/c1-7-15(36)20(41)21(42)27(44-7)50-24-23(49-26-14(30-9(3)35)18(39)16(37)10(4-31)46-26)17(38)11(5-32)47-28(24)48-22-12(6-33)45-25(43)13(19(22)40)29-8(2)34/h7,10-28,31-33,36-43H,4-6H2,1-3H3,(H,29,34)(H,30,35)/t7?,10?,11?,12?,13?,14?,15-,16+,17+,18-,19-,20+,21?,22-,23+,24?,25-,26-,27+,28+/m1/s1. The second kappa shape index (κ2) is 17.4. The summed E-state index contributed by atoms with van der Waals surface area (Å²) in [6.07, 6.45) is -31.0. The molecule has 0 saturated carbocycles. The van der Waals surface area contributed by atoms with Crippen LogP contribution in [0.4, 0.5) is 0 Å². The molecule has 8 unspecified atom stereocenters. The first-order valence-corrected chi connectivity index (χ1v) is 15.9. The Bertz CT molecular complexity index is 1130. The van der Waals surface area contributed by atoms with Crippen LogP contribution in [0.5, 0.6) is 0 Å². The second-order valence-corrected chi connectivity index (χ2v) is 12.6. The summed E-state index contributed by atoms with van der Waals surface area (Å²) in [5.74, 6) is -1.40. The summed E-state index contributed by atoms with van der Waals surface area (Å²) in [4.78, 5) is 23.9. The van der Waals surface area contributed by atoms with E-state index < -0.39 is 154 Å². The maximum Gasteiger partial charge on any atom is 0.217 e. The molecule has 50 heavy (non-hydrogen) atoms. The molecule has 22 nitrogen and oxygen atoms in total. The van der Waals surface area contributed by atoms with Crippen LogP contribution >= 0.6 is 0 Å². The van der Waals surface area contributed by atoms with Crippen molar-refractivity contribution in [2.75, 3.05) is 19.8 Å². The fraction of sp³-hybridized carbons (Fsp3) is 0.929. The number of carbonyl (C=O) groups excluding carboxylic acids is 2. The normalized spacial score (nSPS) is 48.5. The predicted molar refractivity (Wildman–Crippen MR) is 156 cm³/mol. The largest absolute Gasteiger partial charge is 0.394 e. The van der Waals surface area contributed by atoms with Gasteiger partial charge in [-0.15, -0.1) is 0 Å². The van der Waals surface area contributed by atoms with Gasteiger partial charge in [0.2, 0.25) is 11.8 Å². The first kappa shape index (κ1) is 41.0. The summed E-state index contributed by atoms with van der Waals surface area (Å²) in [6.45, 7) is 0.904. The summed E-state index contributed by atoms with van der Waals surface area (Å²) < 4.78 is 40.3. The van der Waals surface area contributed by atoms with Gasteiger partial charge in [0.25, 0.3) is 0 Å². The number of carbonyl (C=O) groups is 2. The lowest BCUT2D eigenvalue weighted by molar-refractivity contribution is -0.398. The number of rotatable bonds is 11. The third kappa shape index (κ3) is 8.70. The molecule has 4 aliphatic rings. The minimum Gasteiger partial charge on any atom is -0.394 e. The smallest absolute Gasteiger partial charge is 0.217 e. The Morgan fingerprint density at radius 1 is 0.520 bits per heavy atom. The minimum atomic E-state index is -1.95. The number of hydrogen-bond donors (Lipinski definition) is 13. The molecule has 4 fully saturated rings. The first-order valence-electron chi connectivity index (χ1n) is 15.9. The highest BCUT2D eigenvalue weighted by Gasteiger charge is 2.56. The molecule has 22 heteroatoms. The van der Waals surface area contributed by atoms with Gasteiger partial charge in [-0.1, -0.05) is 0 Å². The van der Waals surface area contributed by atoms with Crippen molar-refractivity contribution < 1.29 is 98.9 Å². The van der Waals surface area contributed by atoms with Crippen LogP contribution < -0.4 is 10.6 Å². The van der Waals surface area contributed by atoms with Gasteiger partial charge in [-0.05, 0) is 6.92 Å². The van der Waals surface area contributed by atoms with Crippen LogP contribution in [0.15, 0.2) is 0 Å². The first-order chi connectivity index (χ1) is 23.5. The molecule has 4 rings (SSSR count). The van der Waals surface area contributed by atoms with Crippen molar-refractivity contribution in [3.05, 3.63) is 0 Å². The monoisotopic (exact) mass is 732 g/mol. The number of aliphatic hydroxyl groups excluding tert-OH is 11. The van der Waals surface area contributed by atoms with E-state index in [0.717, 1.165) is 13.8 Å². The van der Waals surface area contributed by atoms with Crippen LogP contribution in [0, 0.1) is 0 Å². The fourth-order valence-electron chi connectivity index (χ4n) is 6.27. The molecule has 0 radical (unpaired) electrons. The van der Waals surface area contributed by atoms with Gasteiger partial charge in [0.05, 0.1) is 25.9 Å². The van der Waals surface area contributed by atoms with Gasteiger partial charge in [0, 0.05) is 13.8 Å². The third-order valence-corrected chi connectivity index (χ3v) is 8.97. The Labute approximate surface area is 285 Å². The summed E-state index contributed by atoms with van der Waals surface area (Å²) in [5.41, 5.74) is 0. The Balaban J connectivity index is 1.75. The minimum absolute atomic E-state index is 0.682. The lowest BCUT2D eigenvalue weighted by Gasteiger charge is -2.51. The molecule has 20 atom stereocenters. The molecule has 290 valence electrons. The van der Waals surface area contributed by atoms with Gasteiger partial charge in [-0.2, -0.15) is 0 Å². The molecular formula is C28H48N2O20. The molecule has 13 N–H and O–H groups in total. The Morgan fingerprint density at radius 3 is 1.62 bits per heavy atom. The van der Waals surface area contributed by atoms with Gasteiger partial charge < -0.3 is 100.0 Å². The molecule has 0 aromatic rings. The number of ether oxygens (including phenoxy) is 7. The highest BCUT2D eigenvalue weighted by molar-refractivity contribution is 5.73. The maximum absolute atomic E-state index is 12.0. The number of amides is 2. The maximum atomic E-state index is 12.0. The zero-order valence-electron chi connectivity index (χ0n) is 27.3. The Hall–Kier alpha value is -1.78. The van der Waals surface area contributed by atoms with E-state index in [4.69, 9.17) is 33.2 Å². The van der Waals surface area contributed by atoms with Crippen LogP contribution in [0.25, 0.3) is 0 Å². The lowest BCUT2D eigenvalue weighted by atomic mass is 9.94. The summed E-state index contributed by atoms with van der Waals surface area (Å²) in [6, 6.07) is -3.05. The number of aliphatic hydroxyl groups is 11. The molecule has 0 aromatic carbocycles. The zero-order valence-corrected chi connectivity index (χ0v) is 27.3. The third-order valence-electron chi connectivity index (χ3n) is 8.97. The summed E-state index contributed by atoms with van der Waals surface area (Å²) >= 11 is 0. The SMILES string of the molecule is CC(=O)NC1[C@H](O)OC(CO)[C@@H](O[C@@H]2OC(CO)[C@H](O)[C@H](O[C@H]3OC(CO)[C@H](O)[C@H](O)C3NC(C)=O)C2O[C@@H]2OC(C)[C@@H](O)[C@H](O)C2O)[C@@H]1O. The van der Waals surface area contributed by atoms with E-state index in [1.165, 1.54) is 6.92 Å². The van der Waals surface area contributed by atoms with Crippen molar-refractivity contribution >= 4 is 11.8 Å². The van der Waals surface area contributed by atoms with Gasteiger partial charge in [0.15, 0.2) is 25.2 Å². The Morgan fingerprint density at radius 2 is 1.04 bits per heavy atom. The molecule has 2 amide bonds. The van der Waals surface area contributed by atoms with Crippen LogP contribution in [0.2, 0.25) is 0 Å². The van der Waals surface area contributed by atoms with Crippen molar-refractivity contribution in [2.24, 2.45) is 0 Å². The molecule has 0 bridgehead atoms. The number of hydrogen-bond acceptors (Lipinski definition) is 20. The van der Waals surface area contributed by atoms with Crippen molar-refractivity contribution in [2.45, 2.75) is 143 Å². The zero-order chi connectivity index (χ0) is 37.2. The van der Waals surface area contributed by atoms with Crippen molar-refractivity contribution in [3.63, 3.8) is 0 Å². The molecule has 0 spiro atoms. The van der Waals surface area contributed by atoms with E-state index in [1.54, 1.807) is 0 Å². The van der Waals surface area contributed by atoms with Gasteiger partial charge in [0.1, 0.15) is 91.4 Å². The van der Waals surface area contributed by atoms with Crippen LogP contribution in [-0.2, 0) is 42.7 Å². The summed E-state index contributed by atoms with van der Waals surface area (Å²) in [7, 11) is 0. The van der Waals surface area contributed by atoms with Gasteiger partial charge in [-0.25, -0.2) is 0 Å². The van der Waals surface area contributed by atoms with Crippen LogP contribution in [-0.4, -0.2) is 211 Å².